The van der Waals surface area contributed by atoms with Crippen molar-refractivity contribution >= 4 is 29.1 Å². The number of thioether (sulfide) groups is 1. The number of nitrogen functional groups attached to an aromatic ring is 1. The third kappa shape index (κ3) is 3.07. The SMILES string of the molecule is CCCCSc1cc(Cl)c(F)cc1N. The van der Waals surface area contributed by atoms with Crippen LogP contribution < -0.4 is 5.73 Å². The molecule has 0 bridgehead atoms. The zero-order valence-corrected chi connectivity index (χ0v) is 9.59. The molecule has 0 radical (unpaired) electrons. The highest BCUT2D eigenvalue weighted by Crippen LogP contribution is 2.30. The molecule has 0 spiro atoms. The molecular weight excluding hydrogens is 221 g/mol. The van der Waals surface area contributed by atoms with Crippen molar-refractivity contribution in [3.63, 3.8) is 0 Å². The van der Waals surface area contributed by atoms with Crippen molar-refractivity contribution < 1.29 is 4.39 Å². The number of benzene rings is 1. The summed E-state index contributed by atoms with van der Waals surface area (Å²) in [6.45, 7) is 2.13. The van der Waals surface area contributed by atoms with Gasteiger partial charge in [0.2, 0.25) is 0 Å². The van der Waals surface area contributed by atoms with Gasteiger partial charge in [-0.05, 0) is 24.3 Å². The Labute approximate surface area is 92.8 Å². The Balaban J connectivity index is 2.72. The van der Waals surface area contributed by atoms with Gasteiger partial charge in [0.15, 0.2) is 0 Å². The highest BCUT2D eigenvalue weighted by atomic mass is 35.5. The first-order valence-electron chi connectivity index (χ1n) is 4.52. The van der Waals surface area contributed by atoms with Gasteiger partial charge in [-0.2, -0.15) is 0 Å². The number of hydrogen-bond donors (Lipinski definition) is 1. The van der Waals surface area contributed by atoms with Gasteiger partial charge in [0, 0.05) is 10.6 Å². The standard InChI is InChI=1S/C10H13ClFNS/c1-2-3-4-14-10-5-7(11)8(12)6-9(10)13/h5-6H,2-4,13H2,1H3. The van der Waals surface area contributed by atoms with Crippen LogP contribution >= 0.6 is 23.4 Å². The molecule has 0 saturated carbocycles. The molecule has 0 fully saturated rings. The summed E-state index contributed by atoms with van der Waals surface area (Å²) in [5.41, 5.74) is 6.12. The molecule has 0 aliphatic heterocycles. The van der Waals surface area contributed by atoms with E-state index < -0.39 is 5.82 Å². The molecule has 0 atom stereocenters. The number of unbranched alkanes of at least 4 members (excludes halogenated alkanes) is 1. The van der Waals surface area contributed by atoms with Crippen LogP contribution in [0.5, 0.6) is 0 Å². The molecule has 78 valence electrons. The molecular formula is C10H13ClFNS. The van der Waals surface area contributed by atoms with Gasteiger partial charge in [0.1, 0.15) is 5.82 Å². The first-order valence-corrected chi connectivity index (χ1v) is 5.88. The summed E-state index contributed by atoms with van der Waals surface area (Å²) in [5.74, 6) is 0.534. The molecule has 0 aliphatic rings. The van der Waals surface area contributed by atoms with Crippen molar-refractivity contribution in [3.05, 3.63) is 23.0 Å². The zero-order chi connectivity index (χ0) is 10.6. The smallest absolute Gasteiger partial charge is 0.143 e. The predicted molar refractivity (Wildman–Crippen MR) is 61.5 cm³/mol. The number of rotatable bonds is 4. The lowest BCUT2D eigenvalue weighted by Crippen LogP contribution is -1.91. The summed E-state index contributed by atoms with van der Waals surface area (Å²) < 4.78 is 12.9. The van der Waals surface area contributed by atoms with E-state index in [2.05, 4.69) is 6.92 Å². The second-order valence-electron chi connectivity index (χ2n) is 3.01. The maximum absolute atomic E-state index is 12.9. The first-order chi connectivity index (χ1) is 6.65. The Morgan fingerprint density at radius 1 is 1.50 bits per heavy atom. The van der Waals surface area contributed by atoms with Gasteiger partial charge in [-0.25, -0.2) is 4.39 Å². The van der Waals surface area contributed by atoms with E-state index in [0.29, 0.717) is 5.69 Å². The molecule has 0 heterocycles. The number of halogens is 2. The number of hydrogen-bond acceptors (Lipinski definition) is 2. The van der Waals surface area contributed by atoms with E-state index in [1.54, 1.807) is 17.8 Å². The van der Waals surface area contributed by atoms with E-state index in [1.807, 2.05) is 0 Å². The Kier molecular flexibility index (Phi) is 4.55. The number of anilines is 1. The van der Waals surface area contributed by atoms with Crippen LogP contribution in [0.2, 0.25) is 5.02 Å². The van der Waals surface area contributed by atoms with Crippen molar-refractivity contribution in [2.24, 2.45) is 0 Å². The van der Waals surface area contributed by atoms with E-state index in [-0.39, 0.29) is 5.02 Å². The third-order valence-electron chi connectivity index (χ3n) is 1.81. The lowest BCUT2D eigenvalue weighted by Gasteiger charge is -2.05. The normalized spacial score (nSPS) is 10.5. The minimum Gasteiger partial charge on any atom is -0.398 e. The fraction of sp³-hybridized carbons (Fsp3) is 0.400. The molecule has 0 amide bonds. The molecule has 0 aliphatic carbocycles. The van der Waals surface area contributed by atoms with Crippen molar-refractivity contribution in [3.8, 4) is 0 Å². The van der Waals surface area contributed by atoms with E-state index in [0.717, 1.165) is 23.5 Å². The Hall–Kier alpha value is -0.410. The van der Waals surface area contributed by atoms with E-state index >= 15 is 0 Å². The molecule has 1 nitrogen and oxygen atoms in total. The maximum Gasteiger partial charge on any atom is 0.143 e. The summed E-state index contributed by atoms with van der Waals surface area (Å²) in [4.78, 5) is 0.866. The molecule has 1 aromatic carbocycles. The molecule has 14 heavy (non-hydrogen) atoms. The molecule has 2 N–H and O–H groups in total. The fourth-order valence-corrected chi connectivity index (χ4v) is 2.30. The summed E-state index contributed by atoms with van der Waals surface area (Å²) in [6.07, 6.45) is 2.26. The molecule has 4 heteroatoms. The van der Waals surface area contributed by atoms with Gasteiger partial charge in [-0.15, -0.1) is 11.8 Å². The van der Waals surface area contributed by atoms with Crippen LogP contribution in [-0.2, 0) is 0 Å². The second kappa shape index (κ2) is 5.47. The van der Waals surface area contributed by atoms with Gasteiger partial charge in [-0.3, -0.25) is 0 Å². The van der Waals surface area contributed by atoms with E-state index in [9.17, 15) is 4.39 Å². The van der Waals surface area contributed by atoms with E-state index in [4.69, 9.17) is 17.3 Å². The molecule has 1 aromatic rings. The Morgan fingerprint density at radius 3 is 2.86 bits per heavy atom. The summed E-state index contributed by atoms with van der Waals surface area (Å²) in [6, 6.07) is 2.86. The van der Waals surface area contributed by atoms with E-state index in [1.165, 1.54) is 6.07 Å². The monoisotopic (exact) mass is 233 g/mol. The van der Waals surface area contributed by atoms with Crippen LogP contribution in [0.25, 0.3) is 0 Å². The van der Waals surface area contributed by atoms with Gasteiger partial charge in [-0.1, -0.05) is 24.9 Å². The van der Waals surface area contributed by atoms with Crippen molar-refractivity contribution in [1.82, 2.24) is 0 Å². The lowest BCUT2D eigenvalue weighted by atomic mass is 10.3. The minimum atomic E-state index is -0.455. The summed E-state index contributed by atoms with van der Waals surface area (Å²) in [7, 11) is 0. The Bertz CT molecular complexity index is 317. The predicted octanol–water partition coefficient (Wildman–Crippen LogP) is 3.95. The second-order valence-corrected chi connectivity index (χ2v) is 4.55. The highest BCUT2D eigenvalue weighted by molar-refractivity contribution is 7.99. The van der Waals surface area contributed by atoms with Crippen molar-refractivity contribution in [2.75, 3.05) is 11.5 Å². The summed E-state index contributed by atoms with van der Waals surface area (Å²) in [5, 5.41) is 0.137. The molecule has 0 aromatic heterocycles. The van der Waals surface area contributed by atoms with Crippen LogP contribution in [0, 0.1) is 5.82 Å². The Morgan fingerprint density at radius 2 is 2.21 bits per heavy atom. The van der Waals surface area contributed by atoms with Gasteiger partial charge < -0.3 is 5.73 Å². The summed E-state index contributed by atoms with van der Waals surface area (Å²) >= 11 is 7.27. The molecule has 1 rings (SSSR count). The van der Waals surface area contributed by atoms with Crippen molar-refractivity contribution in [2.45, 2.75) is 24.7 Å². The fourth-order valence-electron chi connectivity index (χ4n) is 0.995. The van der Waals surface area contributed by atoms with Crippen LogP contribution in [0.1, 0.15) is 19.8 Å². The highest BCUT2D eigenvalue weighted by Gasteiger charge is 2.06. The lowest BCUT2D eigenvalue weighted by molar-refractivity contribution is 0.628. The van der Waals surface area contributed by atoms with Crippen LogP contribution in [0.15, 0.2) is 17.0 Å². The molecule has 0 saturated heterocycles. The average molecular weight is 234 g/mol. The van der Waals surface area contributed by atoms with Crippen molar-refractivity contribution in [1.29, 1.82) is 0 Å². The maximum atomic E-state index is 12.9. The first kappa shape index (κ1) is 11.7. The topological polar surface area (TPSA) is 26.0 Å². The van der Waals surface area contributed by atoms with Gasteiger partial charge in [0.05, 0.1) is 5.02 Å². The quantitative estimate of drug-likeness (QED) is 0.484. The zero-order valence-electron chi connectivity index (χ0n) is 8.02. The van der Waals surface area contributed by atoms with Crippen LogP contribution in [0.3, 0.4) is 0 Å². The third-order valence-corrected chi connectivity index (χ3v) is 3.26. The largest absolute Gasteiger partial charge is 0.398 e. The average Bonchev–Trinajstić information content (AvgIpc) is 2.14. The number of nitrogens with two attached hydrogens (primary N) is 1. The minimum absolute atomic E-state index is 0.137. The van der Waals surface area contributed by atoms with Crippen LogP contribution in [0.4, 0.5) is 10.1 Å². The van der Waals surface area contributed by atoms with Gasteiger partial charge >= 0.3 is 0 Å². The van der Waals surface area contributed by atoms with Crippen LogP contribution in [-0.4, -0.2) is 5.75 Å². The molecule has 0 unspecified atom stereocenters. The van der Waals surface area contributed by atoms with Gasteiger partial charge in [0.25, 0.3) is 0 Å².